The number of hydrogen-bond donors (Lipinski definition) is 0. The molecule has 0 fully saturated rings. The SMILES string of the molecule is Cc1nc2c(cc(OCC(=O)N(Cc3cnn(C)c3)C(C)C)c3ccsc32)s1. The van der Waals surface area contributed by atoms with Gasteiger partial charge in [-0.05, 0) is 32.2 Å². The molecule has 0 aliphatic carbocycles. The molecule has 3 aromatic heterocycles. The Labute approximate surface area is 171 Å². The summed E-state index contributed by atoms with van der Waals surface area (Å²) >= 11 is 3.30. The number of nitrogens with zero attached hydrogens (tertiary/aromatic N) is 4. The minimum Gasteiger partial charge on any atom is -0.483 e. The van der Waals surface area contributed by atoms with Crippen LogP contribution in [0.25, 0.3) is 20.3 Å². The van der Waals surface area contributed by atoms with Gasteiger partial charge in [0.1, 0.15) is 5.75 Å². The van der Waals surface area contributed by atoms with Gasteiger partial charge < -0.3 is 9.64 Å². The van der Waals surface area contributed by atoms with E-state index in [9.17, 15) is 4.79 Å². The number of aryl methyl sites for hydroxylation is 2. The van der Waals surface area contributed by atoms with Crippen molar-refractivity contribution in [1.29, 1.82) is 0 Å². The molecule has 4 aromatic rings. The molecule has 6 nitrogen and oxygen atoms in total. The zero-order valence-corrected chi connectivity index (χ0v) is 17.9. The zero-order chi connectivity index (χ0) is 19.8. The number of amides is 1. The topological polar surface area (TPSA) is 60.2 Å². The van der Waals surface area contributed by atoms with Gasteiger partial charge in [-0.3, -0.25) is 9.48 Å². The highest BCUT2D eigenvalue weighted by atomic mass is 32.1. The molecule has 0 aliphatic rings. The maximum Gasteiger partial charge on any atom is 0.261 e. The van der Waals surface area contributed by atoms with Gasteiger partial charge in [0, 0.05) is 42.8 Å². The number of fused-ring (bicyclic) bond motifs is 3. The average Bonchev–Trinajstić information content (AvgIpc) is 3.35. The van der Waals surface area contributed by atoms with E-state index in [-0.39, 0.29) is 18.6 Å². The highest BCUT2D eigenvalue weighted by Crippen LogP contribution is 2.38. The van der Waals surface area contributed by atoms with Crippen LogP contribution in [0.15, 0.2) is 29.9 Å². The molecular formula is C20H22N4O2S2. The van der Waals surface area contributed by atoms with E-state index in [1.54, 1.807) is 33.6 Å². The van der Waals surface area contributed by atoms with Crippen molar-refractivity contribution >= 4 is 48.9 Å². The predicted octanol–water partition coefficient (Wildman–Crippen LogP) is 4.37. The fourth-order valence-corrected chi connectivity index (χ4v) is 5.07. The maximum atomic E-state index is 12.9. The third-order valence-electron chi connectivity index (χ3n) is 4.57. The van der Waals surface area contributed by atoms with Crippen LogP contribution in [0, 0.1) is 6.92 Å². The molecule has 0 saturated heterocycles. The van der Waals surface area contributed by atoms with Gasteiger partial charge in [0.15, 0.2) is 6.61 Å². The van der Waals surface area contributed by atoms with Crippen molar-refractivity contribution in [2.45, 2.75) is 33.4 Å². The van der Waals surface area contributed by atoms with Gasteiger partial charge in [-0.15, -0.1) is 22.7 Å². The Morgan fingerprint density at radius 1 is 1.39 bits per heavy atom. The second kappa shape index (κ2) is 7.52. The van der Waals surface area contributed by atoms with Crippen LogP contribution in [0.1, 0.15) is 24.4 Å². The summed E-state index contributed by atoms with van der Waals surface area (Å²) in [5, 5.41) is 8.26. The van der Waals surface area contributed by atoms with Gasteiger partial charge in [-0.2, -0.15) is 5.10 Å². The number of hydrogen-bond acceptors (Lipinski definition) is 6. The lowest BCUT2D eigenvalue weighted by Crippen LogP contribution is -2.39. The van der Waals surface area contributed by atoms with Gasteiger partial charge in [0.25, 0.3) is 5.91 Å². The molecule has 0 atom stereocenters. The summed E-state index contributed by atoms with van der Waals surface area (Å²) in [5.74, 6) is 0.702. The van der Waals surface area contributed by atoms with Crippen LogP contribution in [-0.4, -0.2) is 38.2 Å². The quantitative estimate of drug-likeness (QED) is 0.470. The van der Waals surface area contributed by atoms with Crippen LogP contribution in [0.2, 0.25) is 0 Å². The van der Waals surface area contributed by atoms with Crippen LogP contribution in [0.5, 0.6) is 5.75 Å². The Kier molecular flexibility index (Phi) is 5.07. The summed E-state index contributed by atoms with van der Waals surface area (Å²) in [5.41, 5.74) is 2.03. The monoisotopic (exact) mass is 414 g/mol. The number of carbonyl (C=O) groups excluding carboxylic acids is 1. The van der Waals surface area contributed by atoms with Crippen LogP contribution in [-0.2, 0) is 18.4 Å². The second-order valence-electron chi connectivity index (χ2n) is 7.04. The van der Waals surface area contributed by atoms with E-state index < -0.39 is 0 Å². The molecule has 0 saturated carbocycles. The van der Waals surface area contributed by atoms with Gasteiger partial charge in [-0.1, -0.05) is 0 Å². The third kappa shape index (κ3) is 3.62. The summed E-state index contributed by atoms with van der Waals surface area (Å²) in [7, 11) is 1.87. The van der Waals surface area contributed by atoms with Crippen LogP contribution >= 0.6 is 22.7 Å². The molecule has 0 spiro atoms. The molecule has 0 unspecified atom stereocenters. The van der Waals surface area contributed by atoms with E-state index in [0.717, 1.165) is 36.6 Å². The first-order chi connectivity index (χ1) is 13.4. The summed E-state index contributed by atoms with van der Waals surface area (Å²) in [6.07, 6.45) is 3.72. The van der Waals surface area contributed by atoms with E-state index in [4.69, 9.17) is 4.74 Å². The predicted molar refractivity (Wildman–Crippen MR) is 114 cm³/mol. The number of thiazole rings is 1. The molecule has 8 heteroatoms. The molecule has 1 amide bonds. The summed E-state index contributed by atoms with van der Waals surface area (Å²) in [4.78, 5) is 19.3. The first kappa shape index (κ1) is 18.9. The van der Waals surface area contributed by atoms with Gasteiger partial charge >= 0.3 is 0 Å². The van der Waals surface area contributed by atoms with E-state index >= 15 is 0 Å². The second-order valence-corrected chi connectivity index (χ2v) is 9.19. The Balaban J connectivity index is 1.55. The van der Waals surface area contributed by atoms with E-state index in [1.807, 2.05) is 56.4 Å². The van der Waals surface area contributed by atoms with Crippen molar-refractivity contribution in [3.8, 4) is 5.75 Å². The van der Waals surface area contributed by atoms with Crippen molar-refractivity contribution < 1.29 is 9.53 Å². The lowest BCUT2D eigenvalue weighted by atomic mass is 10.2. The van der Waals surface area contributed by atoms with Crippen molar-refractivity contribution in [3.05, 3.63) is 40.5 Å². The van der Waals surface area contributed by atoms with Crippen LogP contribution in [0.4, 0.5) is 0 Å². The molecule has 0 aliphatic heterocycles. The van der Waals surface area contributed by atoms with E-state index in [0.29, 0.717) is 6.54 Å². The first-order valence-electron chi connectivity index (χ1n) is 9.09. The molecule has 0 bridgehead atoms. The molecule has 4 rings (SSSR count). The number of rotatable bonds is 6. The largest absolute Gasteiger partial charge is 0.483 e. The zero-order valence-electron chi connectivity index (χ0n) is 16.3. The summed E-state index contributed by atoms with van der Waals surface area (Å²) in [6, 6.07) is 4.11. The first-order valence-corrected chi connectivity index (χ1v) is 10.8. The van der Waals surface area contributed by atoms with Crippen molar-refractivity contribution in [3.63, 3.8) is 0 Å². The van der Waals surface area contributed by atoms with E-state index in [1.165, 1.54) is 0 Å². The van der Waals surface area contributed by atoms with E-state index in [2.05, 4.69) is 10.1 Å². The highest BCUT2D eigenvalue weighted by molar-refractivity contribution is 7.21. The fraction of sp³-hybridized carbons (Fsp3) is 0.350. The Hall–Kier alpha value is -2.45. The van der Waals surface area contributed by atoms with Crippen molar-refractivity contribution in [1.82, 2.24) is 19.7 Å². The van der Waals surface area contributed by atoms with Crippen molar-refractivity contribution in [2.24, 2.45) is 7.05 Å². The lowest BCUT2D eigenvalue weighted by Gasteiger charge is -2.26. The Bertz CT molecular complexity index is 1140. The van der Waals surface area contributed by atoms with Gasteiger partial charge in [0.05, 0.1) is 26.1 Å². The summed E-state index contributed by atoms with van der Waals surface area (Å²) < 4.78 is 9.95. The Morgan fingerprint density at radius 3 is 2.93 bits per heavy atom. The molecular weight excluding hydrogens is 392 g/mol. The average molecular weight is 415 g/mol. The number of benzene rings is 1. The highest BCUT2D eigenvalue weighted by Gasteiger charge is 2.20. The third-order valence-corrected chi connectivity index (χ3v) is 6.41. The molecule has 28 heavy (non-hydrogen) atoms. The van der Waals surface area contributed by atoms with Crippen LogP contribution < -0.4 is 4.74 Å². The Morgan fingerprint density at radius 2 is 2.21 bits per heavy atom. The fourth-order valence-electron chi connectivity index (χ4n) is 3.24. The van der Waals surface area contributed by atoms with Gasteiger partial charge in [0.2, 0.25) is 0 Å². The van der Waals surface area contributed by atoms with Crippen molar-refractivity contribution in [2.75, 3.05) is 6.61 Å². The molecule has 146 valence electrons. The smallest absolute Gasteiger partial charge is 0.261 e. The molecule has 0 N–H and O–H groups in total. The molecule has 1 aromatic carbocycles. The molecule has 0 radical (unpaired) electrons. The number of carbonyl (C=O) groups is 1. The van der Waals surface area contributed by atoms with Gasteiger partial charge in [-0.25, -0.2) is 4.98 Å². The number of thiophene rings is 1. The standard InChI is InChI=1S/C20H22N4O2S2/c1-12(2)24(10-14-8-21-23(4)9-14)18(25)11-26-16-7-17-19(22-13(3)28-17)20-15(16)5-6-27-20/h5-9,12H,10-11H2,1-4H3. The minimum absolute atomic E-state index is 0.00663. The maximum absolute atomic E-state index is 12.9. The number of ether oxygens (including phenoxy) is 1. The minimum atomic E-state index is -0.0391. The normalized spacial score (nSPS) is 11.6. The lowest BCUT2D eigenvalue weighted by molar-refractivity contribution is -0.135. The van der Waals surface area contributed by atoms with Crippen LogP contribution in [0.3, 0.4) is 0 Å². The summed E-state index contributed by atoms with van der Waals surface area (Å²) in [6.45, 7) is 6.56. The molecule has 3 heterocycles. The number of aromatic nitrogens is 3.